The number of likely N-dealkylation sites (tertiary alicyclic amines) is 3. The van der Waals surface area contributed by atoms with Crippen molar-refractivity contribution in [1.29, 1.82) is 10.8 Å². The molecule has 14 nitrogen and oxygen atoms in total. The highest BCUT2D eigenvalue weighted by Gasteiger charge is 2.44. The Morgan fingerprint density at radius 1 is 0.727 bits per heavy atom. The molecule has 0 radical (unpaired) electrons. The number of fused-ring (bicyclic) bond motifs is 6. The number of pyridine rings is 2. The second kappa shape index (κ2) is 17.0. The van der Waals surface area contributed by atoms with Crippen molar-refractivity contribution < 1.29 is 28.8 Å². The minimum Gasteiger partial charge on any atom is -0.484 e. The molecule has 0 spiro atoms. The summed E-state index contributed by atoms with van der Waals surface area (Å²) in [6, 6.07) is 26.7. The fourth-order valence-electron chi connectivity index (χ4n) is 8.47. The van der Waals surface area contributed by atoms with Crippen molar-refractivity contribution in [2.75, 3.05) is 46.0 Å². The summed E-state index contributed by atoms with van der Waals surface area (Å²) in [5.41, 5.74) is 4.82. The summed E-state index contributed by atoms with van der Waals surface area (Å²) in [7, 11) is 0. The van der Waals surface area contributed by atoms with Crippen LogP contribution in [-0.4, -0.2) is 106 Å². The van der Waals surface area contributed by atoms with Crippen molar-refractivity contribution in [1.82, 2.24) is 30.0 Å². The zero-order valence-corrected chi connectivity index (χ0v) is 29.9. The van der Waals surface area contributed by atoms with E-state index in [1.807, 2.05) is 29.2 Å². The van der Waals surface area contributed by atoms with E-state index in [9.17, 15) is 4.79 Å². The lowest BCUT2D eigenvalue weighted by Crippen LogP contribution is -2.49. The van der Waals surface area contributed by atoms with Gasteiger partial charge in [-0.1, -0.05) is 56.0 Å². The lowest BCUT2D eigenvalue weighted by atomic mass is 10.1. The molecule has 4 bridgehead atoms. The highest BCUT2D eigenvalue weighted by Crippen LogP contribution is 2.36. The van der Waals surface area contributed by atoms with Crippen LogP contribution in [0.4, 0.5) is 0 Å². The predicted octanol–water partition coefficient (Wildman–Crippen LogP) is 4.18. The maximum atomic E-state index is 11.8. The third-order valence-electron chi connectivity index (χ3n) is 11.2. The fraction of sp³-hybridized carbons (Fsp3) is 0.439. The largest absolute Gasteiger partial charge is 0.484 e. The van der Waals surface area contributed by atoms with Gasteiger partial charge in [-0.3, -0.25) is 14.6 Å². The number of aromatic nitrogens is 2. The summed E-state index contributed by atoms with van der Waals surface area (Å²) in [5, 5.41) is 24.6. The number of aliphatic hydroxyl groups is 1. The monoisotopic (exact) mass is 748 g/mol. The molecule has 14 heteroatoms. The lowest BCUT2D eigenvalue weighted by Gasteiger charge is -2.34. The Kier molecular flexibility index (Phi) is 11.7. The number of piperazine rings is 2. The number of nitrogens with one attached hydrogen (secondary N) is 1. The second-order valence-corrected chi connectivity index (χ2v) is 14.5. The minimum absolute atomic E-state index is 0. The van der Waals surface area contributed by atoms with Gasteiger partial charge in [0.05, 0.1) is 0 Å². The van der Waals surface area contributed by atoms with E-state index < -0.39 is 6.61 Å². The van der Waals surface area contributed by atoms with Gasteiger partial charge in [-0.2, -0.15) is 0 Å². The van der Waals surface area contributed by atoms with Gasteiger partial charge in [0, 0.05) is 86.6 Å². The van der Waals surface area contributed by atoms with E-state index in [2.05, 4.69) is 73.6 Å². The van der Waals surface area contributed by atoms with E-state index in [-0.39, 0.29) is 31.6 Å². The van der Waals surface area contributed by atoms with Crippen LogP contribution in [0.5, 0.6) is 23.3 Å². The number of hydrogen-bond acceptors (Lipinski definition) is 13. The van der Waals surface area contributed by atoms with Gasteiger partial charge in [-0.05, 0) is 59.4 Å². The smallest absolute Gasteiger partial charge is 0.257 e. The summed E-state index contributed by atoms with van der Waals surface area (Å²) in [4.78, 5) is 27.1. The third kappa shape index (κ3) is 8.20. The topological polar surface area (TPSA) is 169 Å². The number of hydrogen-bond donors (Lipinski definition) is 2. The summed E-state index contributed by atoms with van der Waals surface area (Å²) >= 11 is 0. The van der Waals surface area contributed by atoms with Crippen molar-refractivity contribution in [3.63, 3.8) is 0 Å². The van der Waals surface area contributed by atoms with Gasteiger partial charge in [-0.15, -0.1) is 0 Å². The standard InChI is InChI=1S/C21H23N3O4.C19H21N3O2.CH4.N2/c25-12-20(26)24-11-16-8-17(24)10-23(16)9-14-3-5-15(6-4-14)19-13-27-18-2-1-7-22-21(18)28-19;1-2-17-19(20-7-1)24-18(12-23-17)14-5-3-13(4-6-14)10-22-11-15-8-16(22)9-21-15;;1-2/h1-7,16-17,19,25H,8-13H2;1-7,15-16,18,21H,8-12H2;1H4;/t16-,17-,19+;15-,16-,18+;;/m00../s1. The molecule has 288 valence electrons. The van der Waals surface area contributed by atoms with E-state index in [0.29, 0.717) is 48.8 Å². The number of benzene rings is 2. The van der Waals surface area contributed by atoms with E-state index in [1.54, 1.807) is 12.4 Å². The van der Waals surface area contributed by atoms with Crippen LogP contribution in [0.3, 0.4) is 0 Å². The number of carbonyl (C=O) groups is 1. The maximum Gasteiger partial charge on any atom is 0.257 e. The average molecular weight is 749 g/mol. The third-order valence-corrected chi connectivity index (χ3v) is 11.2. The number of nitrogens with zero attached hydrogens (tertiary/aromatic N) is 7. The molecule has 4 saturated heterocycles. The molecule has 2 aromatic heterocycles. The van der Waals surface area contributed by atoms with E-state index >= 15 is 0 Å². The van der Waals surface area contributed by atoms with Gasteiger partial charge in [0.25, 0.3) is 11.8 Å². The van der Waals surface area contributed by atoms with Crippen LogP contribution in [0.25, 0.3) is 0 Å². The normalized spacial score (nSPS) is 25.5. The molecule has 8 heterocycles. The Bertz CT molecular complexity index is 1930. The highest BCUT2D eigenvalue weighted by atomic mass is 16.6. The molecule has 55 heavy (non-hydrogen) atoms. The molecule has 6 aliphatic rings. The molecule has 0 unspecified atom stereocenters. The summed E-state index contributed by atoms with van der Waals surface area (Å²) in [5.74, 6) is 2.38. The van der Waals surface area contributed by atoms with Crippen LogP contribution in [-0.2, 0) is 17.9 Å². The number of amides is 1. The first-order chi connectivity index (χ1) is 26.6. The predicted molar refractivity (Wildman–Crippen MR) is 201 cm³/mol. The highest BCUT2D eigenvalue weighted by molar-refractivity contribution is 5.78. The van der Waals surface area contributed by atoms with Crippen LogP contribution in [0.15, 0.2) is 85.2 Å². The zero-order chi connectivity index (χ0) is 37.0. The van der Waals surface area contributed by atoms with Crippen molar-refractivity contribution in [3.8, 4) is 23.3 Å². The molecule has 0 saturated carbocycles. The fourth-order valence-corrected chi connectivity index (χ4v) is 8.47. The molecular weight excluding hydrogens is 701 g/mol. The van der Waals surface area contributed by atoms with E-state index in [1.165, 1.54) is 24.1 Å². The quantitative estimate of drug-likeness (QED) is 0.259. The summed E-state index contributed by atoms with van der Waals surface area (Å²) in [6.07, 6.45) is 5.49. The first kappa shape index (κ1) is 38.0. The van der Waals surface area contributed by atoms with Crippen LogP contribution < -0.4 is 24.3 Å². The molecule has 6 atom stereocenters. The number of carbonyl (C=O) groups excluding carboxylic acids is 1. The Hall–Kier alpha value is -5.33. The van der Waals surface area contributed by atoms with Crippen LogP contribution in [0.2, 0.25) is 0 Å². The van der Waals surface area contributed by atoms with Crippen LogP contribution in [0.1, 0.15) is 54.7 Å². The average Bonchev–Trinajstić information content (AvgIpc) is 4.05. The van der Waals surface area contributed by atoms with Crippen LogP contribution >= 0.6 is 0 Å². The molecule has 4 fully saturated rings. The molecule has 2 N–H and O–H groups in total. The Labute approximate surface area is 321 Å². The van der Waals surface area contributed by atoms with E-state index in [4.69, 9.17) is 34.8 Å². The number of aliphatic hydroxyl groups excluding tert-OH is 1. The van der Waals surface area contributed by atoms with Gasteiger partial charge in [-0.25, -0.2) is 9.97 Å². The molecule has 0 aliphatic carbocycles. The molecule has 1 amide bonds. The van der Waals surface area contributed by atoms with Crippen LogP contribution in [0, 0.1) is 10.8 Å². The van der Waals surface area contributed by atoms with Crippen molar-refractivity contribution in [2.45, 2.75) is 69.7 Å². The van der Waals surface area contributed by atoms with Gasteiger partial charge in [0.15, 0.2) is 23.7 Å². The van der Waals surface area contributed by atoms with Gasteiger partial charge in [0.2, 0.25) is 5.91 Å². The number of rotatable bonds is 7. The Morgan fingerprint density at radius 3 is 1.73 bits per heavy atom. The summed E-state index contributed by atoms with van der Waals surface area (Å²) < 4.78 is 23.5. The Balaban J connectivity index is 0.000000161. The minimum atomic E-state index is -0.391. The molecule has 4 aromatic rings. The first-order valence-corrected chi connectivity index (χ1v) is 18.5. The Morgan fingerprint density at radius 2 is 1.27 bits per heavy atom. The van der Waals surface area contributed by atoms with E-state index in [0.717, 1.165) is 56.0 Å². The maximum absolute atomic E-state index is 11.8. The van der Waals surface area contributed by atoms with Gasteiger partial charge in [0.1, 0.15) is 19.8 Å². The van der Waals surface area contributed by atoms with Crippen molar-refractivity contribution >= 4 is 5.91 Å². The SMILES string of the molecule is C.N#N.O=C(CO)N1C[C@@H]2C[C@H]1CN2Cc1ccc([C@H]2COc3cccnc3O2)cc1.c1cnc2c(c1)OC[C@H](c1ccc(CN3C[C@@H]4C[C@H]3CN4)cc1)O2. The molecule has 2 aromatic carbocycles. The molecule has 10 rings (SSSR count). The first-order valence-electron chi connectivity index (χ1n) is 18.5. The van der Waals surface area contributed by atoms with Crippen molar-refractivity contribution in [2.24, 2.45) is 0 Å². The zero-order valence-electron chi connectivity index (χ0n) is 29.9. The number of ether oxygens (including phenoxy) is 4. The van der Waals surface area contributed by atoms with Gasteiger partial charge < -0.3 is 34.3 Å². The second-order valence-electron chi connectivity index (χ2n) is 14.5. The molecule has 6 aliphatic heterocycles. The lowest BCUT2D eigenvalue weighted by molar-refractivity contribution is -0.136. The van der Waals surface area contributed by atoms with Gasteiger partial charge >= 0.3 is 0 Å². The van der Waals surface area contributed by atoms with Crippen molar-refractivity contribution in [3.05, 3.63) is 107 Å². The molecular formula is C41H48N8O6. The summed E-state index contributed by atoms with van der Waals surface area (Å²) in [6.45, 7) is 6.43.